The Morgan fingerprint density at radius 2 is 1.90 bits per heavy atom. The molecule has 2 aromatic rings. The van der Waals surface area contributed by atoms with E-state index in [2.05, 4.69) is 5.32 Å². The number of halogens is 3. The molecule has 3 nitrogen and oxygen atoms in total. The monoisotopic (exact) mass is 333 g/mol. The summed E-state index contributed by atoms with van der Waals surface area (Å²) in [7, 11) is 0. The van der Waals surface area contributed by atoms with Crippen molar-refractivity contribution in [3.63, 3.8) is 0 Å². The van der Waals surface area contributed by atoms with E-state index in [1.54, 1.807) is 18.4 Å². The molecule has 0 fully saturated rings. The highest BCUT2D eigenvalue weighted by atomic mass is 35.5. The Kier molecular flexibility index (Phi) is 5.61. The number of hydrogen-bond donors (Lipinski definition) is 1. The Hall–Kier alpha value is -0.870. The minimum absolute atomic E-state index is 0.283. The van der Waals surface area contributed by atoms with Gasteiger partial charge in [-0.25, -0.2) is 0 Å². The third kappa shape index (κ3) is 3.83. The minimum Gasteiger partial charge on any atom is -0.484 e. The molecule has 2 rings (SSSR count). The molecule has 0 aliphatic carbocycles. The molecule has 0 radical (unpaired) electrons. The van der Waals surface area contributed by atoms with E-state index in [0.717, 1.165) is 24.4 Å². The van der Waals surface area contributed by atoms with E-state index < -0.39 is 0 Å². The van der Waals surface area contributed by atoms with Gasteiger partial charge in [0.1, 0.15) is 18.1 Å². The second kappa shape index (κ2) is 7.23. The fraction of sp³-hybridized carbons (Fsp3) is 0.286. The molecule has 0 unspecified atom stereocenters. The maximum absolute atomic E-state index is 6.05. The lowest BCUT2D eigenvalue weighted by Crippen LogP contribution is -2.12. The highest BCUT2D eigenvalue weighted by Gasteiger charge is 2.10. The number of ether oxygens (including phenoxy) is 1. The van der Waals surface area contributed by atoms with E-state index in [1.807, 2.05) is 13.0 Å². The van der Waals surface area contributed by atoms with Gasteiger partial charge in [-0.2, -0.15) is 0 Å². The van der Waals surface area contributed by atoms with Crippen LogP contribution in [0, 0.1) is 0 Å². The van der Waals surface area contributed by atoms with Crippen molar-refractivity contribution in [3.05, 3.63) is 50.9 Å². The third-order valence-electron chi connectivity index (χ3n) is 2.74. The molecule has 0 atom stereocenters. The summed E-state index contributed by atoms with van der Waals surface area (Å²) in [5, 5.41) is 4.45. The Bertz CT molecular complexity index is 584. The van der Waals surface area contributed by atoms with Crippen molar-refractivity contribution in [3.8, 4) is 5.75 Å². The first-order chi connectivity index (χ1) is 9.61. The van der Waals surface area contributed by atoms with Crippen LogP contribution >= 0.6 is 34.8 Å². The standard InChI is InChI=1S/C14H14Cl3NO2/c1-2-18-7-9-3-4-19-14(9)8-20-13-6-11(16)10(15)5-12(13)17/h3-6,18H,2,7-8H2,1H3. The third-order valence-corrected chi connectivity index (χ3v) is 3.75. The fourth-order valence-electron chi connectivity index (χ4n) is 1.67. The molecular formula is C14H14Cl3NO2. The SMILES string of the molecule is CCNCc1ccoc1COc1cc(Cl)c(Cl)cc1Cl. The highest BCUT2D eigenvalue weighted by molar-refractivity contribution is 6.43. The topological polar surface area (TPSA) is 34.4 Å². The Morgan fingerprint density at radius 1 is 1.15 bits per heavy atom. The molecule has 0 aliphatic rings. The number of hydrogen-bond acceptors (Lipinski definition) is 3. The molecule has 1 aromatic carbocycles. The lowest BCUT2D eigenvalue weighted by Gasteiger charge is -2.09. The van der Waals surface area contributed by atoms with Crippen LogP contribution in [0.5, 0.6) is 5.75 Å². The molecule has 0 saturated heterocycles. The first-order valence-electron chi connectivity index (χ1n) is 6.15. The Balaban J connectivity index is 2.05. The average molecular weight is 335 g/mol. The lowest BCUT2D eigenvalue weighted by molar-refractivity contribution is 0.268. The first-order valence-corrected chi connectivity index (χ1v) is 7.28. The number of benzene rings is 1. The van der Waals surface area contributed by atoms with Gasteiger partial charge < -0.3 is 14.5 Å². The van der Waals surface area contributed by atoms with E-state index >= 15 is 0 Å². The van der Waals surface area contributed by atoms with Gasteiger partial charge in [0, 0.05) is 18.2 Å². The molecule has 1 aromatic heterocycles. The van der Waals surface area contributed by atoms with Crippen LogP contribution in [0.1, 0.15) is 18.2 Å². The molecule has 20 heavy (non-hydrogen) atoms. The van der Waals surface area contributed by atoms with Crippen molar-refractivity contribution in [2.24, 2.45) is 0 Å². The molecular weight excluding hydrogens is 321 g/mol. The van der Waals surface area contributed by atoms with E-state index in [1.165, 1.54) is 0 Å². The summed E-state index contributed by atoms with van der Waals surface area (Å²) in [6, 6.07) is 5.07. The van der Waals surface area contributed by atoms with Crippen molar-refractivity contribution in [2.45, 2.75) is 20.1 Å². The lowest BCUT2D eigenvalue weighted by atomic mass is 10.2. The quantitative estimate of drug-likeness (QED) is 0.761. The molecule has 0 amide bonds. The predicted octanol–water partition coefficient (Wildman–Crippen LogP) is 4.93. The van der Waals surface area contributed by atoms with Gasteiger partial charge in [-0.15, -0.1) is 0 Å². The van der Waals surface area contributed by atoms with Crippen molar-refractivity contribution in [2.75, 3.05) is 6.54 Å². The second-order valence-corrected chi connectivity index (χ2v) is 5.36. The van der Waals surface area contributed by atoms with Crippen LogP contribution in [0.3, 0.4) is 0 Å². The van der Waals surface area contributed by atoms with Crippen molar-refractivity contribution >= 4 is 34.8 Å². The van der Waals surface area contributed by atoms with Crippen LogP contribution in [-0.2, 0) is 13.2 Å². The largest absolute Gasteiger partial charge is 0.484 e. The summed E-state index contributed by atoms with van der Waals surface area (Å²) in [5.41, 5.74) is 1.06. The minimum atomic E-state index is 0.283. The first kappa shape index (κ1) is 15.5. The molecule has 0 saturated carbocycles. The maximum atomic E-state index is 6.05. The summed E-state index contributed by atoms with van der Waals surface area (Å²) in [6.45, 7) is 3.96. The van der Waals surface area contributed by atoms with Crippen LogP contribution in [0.4, 0.5) is 0 Å². The predicted molar refractivity (Wildman–Crippen MR) is 81.9 cm³/mol. The van der Waals surface area contributed by atoms with Crippen LogP contribution < -0.4 is 10.1 Å². The Labute approximate surface area is 132 Å². The molecule has 1 N–H and O–H groups in total. The van der Waals surface area contributed by atoms with Gasteiger partial charge >= 0.3 is 0 Å². The van der Waals surface area contributed by atoms with Crippen LogP contribution in [-0.4, -0.2) is 6.54 Å². The van der Waals surface area contributed by atoms with Gasteiger partial charge in [0.05, 0.1) is 21.3 Å². The van der Waals surface area contributed by atoms with Crippen molar-refractivity contribution in [1.82, 2.24) is 5.32 Å². The normalized spacial score (nSPS) is 10.8. The number of rotatable bonds is 6. The molecule has 108 valence electrons. The molecule has 0 spiro atoms. The maximum Gasteiger partial charge on any atom is 0.146 e. The fourth-order valence-corrected chi connectivity index (χ4v) is 2.26. The smallest absolute Gasteiger partial charge is 0.146 e. The number of nitrogens with one attached hydrogen (secondary N) is 1. The van der Waals surface area contributed by atoms with Crippen LogP contribution in [0.2, 0.25) is 15.1 Å². The molecule has 6 heteroatoms. The van der Waals surface area contributed by atoms with Gasteiger partial charge in [0.2, 0.25) is 0 Å². The molecule has 0 bridgehead atoms. The van der Waals surface area contributed by atoms with Gasteiger partial charge in [-0.05, 0) is 18.7 Å². The van der Waals surface area contributed by atoms with Crippen LogP contribution in [0.15, 0.2) is 28.9 Å². The summed E-state index contributed by atoms with van der Waals surface area (Å²) in [4.78, 5) is 0. The zero-order valence-corrected chi connectivity index (χ0v) is 13.1. The zero-order valence-electron chi connectivity index (χ0n) is 10.9. The number of furan rings is 1. The highest BCUT2D eigenvalue weighted by Crippen LogP contribution is 2.34. The summed E-state index contributed by atoms with van der Waals surface area (Å²) < 4.78 is 11.1. The molecule has 1 heterocycles. The second-order valence-electron chi connectivity index (χ2n) is 4.13. The zero-order chi connectivity index (χ0) is 14.5. The Morgan fingerprint density at radius 3 is 2.65 bits per heavy atom. The van der Waals surface area contributed by atoms with Crippen molar-refractivity contribution in [1.29, 1.82) is 0 Å². The van der Waals surface area contributed by atoms with E-state index in [-0.39, 0.29) is 6.61 Å². The summed E-state index contributed by atoms with van der Waals surface area (Å²) in [6.07, 6.45) is 1.64. The van der Waals surface area contributed by atoms with Gasteiger partial charge in [0.15, 0.2) is 0 Å². The van der Waals surface area contributed by atoms with E-state index in [0.29, 0.717) is 20.8 Å². The summed E-state index contributed by atoms with van der Waals surface area (Å²) in [5.74, 6) is 1.24. The molecule has 0 aliphatic heterocycles. The van der Waals surface area contributed by atoms with Gasteiger partial charge in [0.25, 0.3) is 0 Å². The summed E-state index contributed by atoms with van der Waals surface area (Å²) >= 11 is 17.9. The average Bonchev–Trinajstić information content (AvgIpc) is 2.86. The van der Waals surface area contributed by atoms with E-state index in [4.69, 9.17) is 44.0 Å². The van der Waals surface area contributed by atoms with Crippen LogP contribution in [0.25, 0.3) is 0 Å². The van der Waals surface area contributed by atoms with Crippen molar-refractivity contribution < 1.29 is 9.15 Å². The van der Waals surface area contributed by atoms with E-state index in [9.17, 15) is 0 Å². The van der Waals surface area contributed by atoms with Gasteiger partial charge in [-0.1, -0.05) is 41.7 Å². The van der Waals surface area contributed by atoms with Gasteiger partial charge in [-0.3, -0.25) is 0 Å².